The molecule has 0 amide bonds. The molecule has 0 spiro atoms. The molecule has 0 atom stereocenters. The predicted octanol–water partition coefficient (Wildman–Crippen LogP) is 0.332. The molecule has 2 heterocycles. The summed E-state index contributed by atoms with van der Waals surface area (Å²) in [6, 6.07) is 5.35. The van der Waals surface area contributed by atoms with Gasteiger partial charge < -0.3 is 5.11 Å². The van der Waals surface area contributed by atoms with Crippen molar-refractivity contribution in [3.05, 3.63) is 41.5 Å². The first kappa shape index (κ1) is 15.1. The molecule has 0 fully saturated rings. The lowest BCUT2D eigenvalue weighted by atomic mass is 10.3. The van der Waals surface area contributed by atoms with E-state index >= 15 is 0 Å². The van der Waals surface area contributed by atoms with Crippen LogP contribution in [0.2, 0.25) is 0 Å². The largest absolute Gasteiger partial charge is 0.476 e. The first-order valence-electron chi connectivity index (χ1n) is 6.09. The molecule has 0 saturated carbocycles. The fourth-order valence-corrected chi connectivity index (χ4v) is 3.18. The summed E-state index contributed by atoms with van der Waals surface area (Å²) in [6.07, 6.45) is 2.02. The highest BCUT2D eigenvalue weighted by Gasteiger charge is 2.27. The Morgan fingerprint density at radius 1 is 1.43 bits per heavy atom. The van der Waals surface area contributed by atoms with Crippen molar-refractivity contribution in [2.75, 3.05) is 6.54 Å². The lowest BCUT2D eigenvalue weighted by molar-refractivity contribution is 0.0686. The van der Waals surface area contributed by atoms with E-state index in [1.807, 2.05) is 0 Å². The van der Waals surface area contributed by atoms with Crippen molar-refractivity contribution < 1.29 is 18.3 Å². The first-order chi connectivity index (χ1) is 9.92. The average Bonchev–Trinajstić information content (AvgIpc) is 2.83. The number of aryl methyl sites for hydroxylation is 1. The maximum atomic E-state index is 12.2. The van der Waals surface area contributed by atoms with Gasteiger partial charge in [0.05, 0.1) is 5.69 Å². The summed E-state index contributed by atoms with van der Waals surface area (Å²) >= 11 is 0. The number of aromatic nitrogens is 3. The van der Waals surface area contributed by atoms with Gasteiger partial charge in [0.1, 0.15) is 4.90 Å². The Balaban J connectivity index is 2.12. The Morgan fingerprint density at radius 2 is 2.19 bits per heavy atom. The molecule has 2 aromatic rings. The quantitative estimate of drug-likeness (QED) is 0.706. The smallest absolute Gasteiger partial charge is 0.357 e. The van der Waals surface area contributed by atoms with Gasteiger partial charge in [-0.2, -0.15) is 5.10 Å². The minimum absolute atomic E-state index is 0.114. The topological polar surface area (TPSA) is 125 Å². The zero-order valence-corrected chi connectivity index (χ0v) is 12.0. The second kappa shape index (κ2) is 6.02. The third kappa shape index (κ3) is 3.44. The summed E-state index contributed by atoms with van der Waals surface area (Å²) in [4.78, 5) is 14.7. The van der Waals surface area contributed by atoms with Crippen molar-refractivity contribution in [1.29, 1.82) is 0 Å². The molecule has 0 bridgehead atoms. The summed E-state index contributed by atoms with van der Waals surface area (Å²) < 4.78 is 26.7. The van der Waals surface area contributed by atoms with Crippen LogP contribution in [0, 0.1) is 6.92 Å². The molecule has 0 radical (unpaired) electrons. The minimum atomic E-state index is -3.95. The third-order valence-corrected chi connectivity index (χ3v) is 4.38. The van der Waals surface area contributed by atoms with Crippen LogP contribution in [0.1, 0.15) is 21.9 Å². The summed E-state index contributed by atoms with van der Waals surface area (Å²) in [5.41, 5.74) is 0.401. The Bertz CT molecular complexity index is 740. The molecule has 0 aliphatic heterocycles. The number of pyridine rings is 1. The van der Waals surface area contributed by atoms with Crippen LogP contribution in [-0.2, 0) is 16.4 Å². The number of sulfonamides is 1. The van der Waals surface area contributed by atoms with Crippen LogP contribution in [0.3, 0.4) is 0 Å². The summed E-state index contributed by atoms with van der Waals surface area (Å²) in [6.45, 7) is 1.57. The Morgan fingerprint density at radius 3 is 2.81 bits per heavy atom. The van der Waals surface area contributed by atoms with E-state index in [-0.39, 0.29) is 17.1 Å². The second-order valence-electron chi connectivity index (χ2n) is 4.30. The fourth-order valence-electron chi connectivity index (χ4n) is 1.82. The molecule has 8 nitrogen and oxygen atoms in total. The van der Waals surface area contributed by atoms with Gasteiger partial charge in [-0.05, 0) is 19.1 Å². The monoisotopic (exact) mass is 310 g/mol. The van der Waals surface area contributed by atoms with Crippen LogP contribution in [0.25, 0.3) is 0 Å². The van der Waals surface area contributed by atoms with Crippen LogP contribution in [-0.4, -0.2) is 41.2 Å². The van der Waals surface area contributed by atoms with E-state index in [4.69, 9.17) is 5.11 Å². The number of nitrogens with zero attached hydrogens (tertiary/aromatic N) is 2. The molecular formula is C12H14N4O4S. The third-order valence-electron chi connectivity index (χ3n) is 2.76. The number of carbonyl (C=O) groups is 1. The van der Waals surface area contributed by atoms with E-state index in [0.717, 1.165) is 5.69 Å². The van der Waals surface area contributed by atoms with Gasteiger partial charge in [-0.25, -0.2) is 17.9 Å². The molecular weight excluding hydrogens is 296 g/mol. The van der Waals surface area contributed by atoms with Crippen molar-refractivity contribution in [2.24, 2.45) is 0 Å². The molecule has 2 aromatic heterocycles. The fraction of sp³-hybridized carbons (Fsp3) is 0.250. The summed E-state index contributed by atoms with van der Waals surface area (Å²) in [7, 11) is -3.95. The van der Waals surface area contributed by atoms with Crippen molar-refractivity contribution in [3.8, 4) is 0 Å². The minimum Gasteiger partial charge on any atom is -0.476 e. The van der Waals surface area contributed by atoms with Crippen LogP contribution in [0.4, 0.5) is 0 Å². The van der Waals surface area contributed by atoms with Crippen molar-refractivity contribution in [3.63, 3.8) is 0 Å². The number of nitrogens with one attached hydrogen (secondary N) is 2. The molecule has 3 N–H and O–H groups in total. The molecule has 0 aliphatic carbocycles. The lowest BCUT2D eigenvalue weighted by Crippen LogP contribution is -2.27. The first-order valence-corrected chi connectivity index (χ1v) is 7.58. The maximum absolute atomic E-state index is 12.2. The van der Waals surface area contributed by atoms with Crippen molar-refractivity contribution >= 4 is 16.0 Å². The van der Waals surface area contributed by atoms with Gasteiger partial charge in [-0.3, -0.25) is 10.1 Å². The number of hydrogen-bond donors (Lipinski definition) is 3. The van der Waals surface area contributed by atoms with Gasteiger partial charge in [0, 0.05) is 24.9 Å². The van der Waals surface area contributed by atoms with E-state index in [1.165, 1.54) is 6.92 Å². The number of rotatable bonds is 6. The van der Waals surface area contributed by atoms with Gasteiger partial charge in [0.25, 0.3) is 0 Å². The van der Waals surface area contributed by atoms with Crippen LogP contribution < -0.4 is 4.72 Å². The van der Waals surface area contributed by atoms with Crippen LogP contribution in [0.15, 0.2) is 29.3 Å². The Kier molecular flexibility index (Phi) is 4.34. The number of H-pyrrole nitrogens is 1. The van der Waals surface area contributed by atoms with E-state index in [9.17, 15) is 13.2 Å². The Labute approximate surface area is 121 Å². The zero-order valence-electron chi connectivity index (χ0n) is 11.2. The van der Waals surface area contributed by atoms with Crippen molar-refractivity contribution in [1.82, 2.24) is 19.9 Å². The standard InChI is InChI=1S/C12H14N4O4S/c1-8-11(10(12(17)18)16-15-8)21(19,20)14-7-5-9-4-2-3-6-13-9/h2-4,6,14H,5,7H2,1H3,(H,15,16)(H,17,18). The molecule has 112 valence electrons. The molecule has 0 saturated heterocycles. The van der Waals surface area contributed by atoms with Crippen molar-refractivity contribution in [2.45, 2.75) is 18.2 Å². The Hall–Kier alpha value is -2.26. The molecule has 0 aliphatic rings. The highest BCUT2D eigenvalue weighted by atomic mass is 32.2. The summed E-state index contributed by atoms with van der Waals surface area (Å²) in [5.74, 6) is -1.40. The van der Waals surface area contributed by atoms with Gasteiger partial charge in [-0.1, -0.05) is 6.07 Å². The molecule has 0 aromatic carbocycles. The number of aromatic amines is 1. The molecule has 9 heteroatoms. The van der Waals surface area contributed by atoms with Crippen LogP contribution in [0.5, 0.6) is 0 Å². The normalized spacial score (nSPS) is 11.5. The summed E-state index contributed by atoms with van der Waals surface area (Å²) in [5, 5.41) is 14.8. The number of aromatic carboxylic acids is 1. The van der Waals surface area contributed by atoms with Gasteiger partial charge in [0.2, 0.25) is 10.0 Å². The van der Waals surface area contributed by atoms with E-state index in [0.29, 0.717) is 6.42 Å². The predicted molar refractivity (Wildman–Crippen MR) is 73.4 cm³/mol. The molecule has 2 rings (SSSR count). The van der Waals surface area contributed by atoms with E-state index < -0.39 is 21.7 Å². The van der Waals surface area contributed by atoms with Gasteiger partial charge in [-0.15, -0.1) is 0 Å². The SMILES string of the molecule is Cc1[nH]nc(C(=O)O)c1S(=O)(=O)NCCc1ccccn1. The van der Waals surface area contributed by atoms with Gasteiger partial charge in [0.15, 0.2) is 5.69 Å². The number of hydrogen-bond acceptors (Lipinski definition) is 5. The van der Waals surface area contributed by atoms with E-state index in [2.05, 4.69) is 19.9 Å². The molecule has 21 heavy (non-hydrogen) atoms. The number of carboxylic acid groups (broad SMARTS) is 1. The maximum Gasteiger partial charge on any atom is 0.357 e. The second-order valence-corrected chi connectivity index (χ2v) is 6.00. The van der Waals surface area contributed by atoms with Gasteiger partial charge >= 0.3 is 5.97 Å². The highest BCUT2D eigenvalue weighted by molar-refractivity contribution is 7.89. The van der Waals surface area contributed by atoms with E-state index in [1.54, 1.807) is 24.4 Å². The lowest BCUT2D eigenvalue weighted by Gasteiger charge is -2.06. The zero-order chi connectivity index (χ0) is 15.5. The number of carboxylic acids is 1. The average molecular weight is 310 g/mol. The van der Waals surface area contributed by atoms with Crippen LogP contribution >= 0.6 is 0 Å². The highest BCUT2D eigenvalue weighted by Crippen LogP contribution is 2.17. The molecule has 0 unspecified atom stereocenters.